The molecule has 3 nitrogen and oxygen atoms in total. The number of carbonyl (C=O) groups is 2. The van der Waals surface area contributed by atoms with Gasteiger partial charge < -0.3 is 5.73 Å². The van der Waals surface area contributed by atoms with Crippen LogP contribution in [0.4, 0.5) is 5.69 Å². The van der Waals surface area contributed by atoms with Gasteiger partial charge in [0.15, 0.2) is 11.6 Å². The Morgan fingerprint density at radius 2 is 1.14 bits per heavy atom. The number of hydrogen-bond donors (Lipinski definition) is 1. The number of carbonyl (C=O) groups excluding carboxylic acids is 2. The molecular formula is C18H17NO2. The Balaban J connectivity index is 2.47. The van der Waals surface area contributed by atoms with Gasteiger partial charge in [-0.05, 0) is 56.0 Å². The summed E-state index contributed by atoms with van der Waals surface area (Å²) in [7, 11) is 0. The number of nitrogen functional groups attached to an aromatic ring is 1. The standard InChI is InChI=1S/C18H17NO2/c1-8-5-6-9(2)14-13(8)17(20)15-10(3)7-12(19)11(4)16(15)18(14)21/h5-7H,19H2,1-4H3. The van der Waals surface area contributed by atoms with Gasteiger partial charge in [-0.1, -0.05) is 12.1 Å². The number of fused-ring (bicyclic) bond motifs is 2. The van der Waals surface area contributed by atoms with E-state index in [9.17, 15) is 9.59 Å². The zero-order valence-corrected chi connectivity index (χ0v) is 12.6. The van der Waals surface area contributed by atoms with Gasteiger partial charge in [-0.15, -0.1) is 0 Å². The number of hydrogen-bond acceptors (Lipinski definition) is 3. The normalized spacial score (nSPS) is 13.1. The monoisotopic (exact) mass is 279 g/mol. The number of ketones is 2. The maximum absolute atomic E-state index is 12.9. The first-order valence-electron chi connectivity index (χ1n) is 6.93. The van der Waals surface area contributed by atoms with Crippen molar-refractivity contribution in [2.75, 3.05) is 5.73 Å². The molecule has 0 aromatic heterocycles. The lowest BCUT2D eigenvalue weighted by Gasteiger charge is -2.24. The minimum absolute atomic E-state index is 0.0681. The quantitative estimate of drug-likeness (QED) is 0.642. The summed E-state index contributed by atoms with van der Waals surface area (Å²) in [6, 6.07) is 5.55. The first-order chi connectivity index (χ1) is 9.84. The average molecular weight is 279 g/mol. The van der Waals surface area contributed by atoms with Gasteiger partial charge in [-0.25, -0.2) is 0 Å². The predicted octanol–water partition coefficient (Wildman–Crippen LogP) is 3.28. The largest absolute Gasteiger partial charge is 0.398 e. The molecule has 0 saturated heterocycles. The van der Waals surface area contributed by atoms with Crippen LogP contribution in [0.5, 0.6) is 0 Å². The minimum Gasteiger partial charge on any atom is -0.398 e. The molecule has 3 rings (SSSR count). The van der Waals surface area contributed by atoms with Gasteiger partial charge in [-0.2, -0.15) is 0 Å². The smallest absolute Gasteiger partial charge is 0.195 e. The average Bonchev–Trinajstić information content (AvgIpc) is 2.42. The lowest BCUT2D eigenvalue weighted by atomic mass is 9.77. The molecule has 0 aliphatic heterocycles. The Morgan fingerprint density at radius 1 is 0.714 bits per heavy atom. The number of nitrogens with two attached hydrogens (primary N) is 1. The van der Waals surface area contributed by atoms with E-state index in [1.807, 2.05) is 32.9 Å². The molecule has 0 saturated carbocycles. The predicted molar refractivity (Wildman–Crippen MR) is 83.1 cm³/mol. The first-order valence-corrected chi connectivity index (χ1v) is 6.93. The van der Waals surface area contributed by atoms with Gasteiger partial charge in [0.25, 0.3) is 0 Å². The van der Waals surface area contributed by atoms with Crippen LogP contribution >= 0.6 is 0 Å². The molecule has 0 amide bonds. The van der Waals surface area contributed by atoms with Crippen LogP contribution in [0.3, 0.4) is 0 Å². The van der Waals surface area contributed by atoms with Crippen LogP contribution < -0.4 is 5.73 Å². The van der Waals surface area contributed by atoms with Crippen molar-refractivity contribution in [3.8, 4) is 0 Å². The van der Waals surface area contributed by atoms with Crippen LogP contribution in [-0.4, -0.2) is 11.6 Å². The molecule has 0 radical (unpaired) electrons. The summed E-state index contributed by atoms with van der Waals surface area (Å²) in [5.74, 6) is -0.157. The Bertz CT molecular complexity index is 832. The molecule has 0 heterocycles. The molecule has 2 N–H and O–H groups in total. The molecule has 106 valence electrons. The van der Waals surface area contributed by atoms with Crippen LogP contribution in [0.1, 0.15) is 54.1 Å². The van der Waals surface area contributed by atoms with Gasteiger partial charge in [-0.3, -0.25) is 9.59 Å². The van der Waals surface area contributed by atoms with E-state index in [-0.39, 0.29) is 11.6 Å². The van der Waals surface area contributed by atoms with Gasteiger partial charge in [0.1, 0.15) is 0 Å². The van der Waals surface area contributed by atoms with Crippen molar-refractivity contribution in [3.63, 3.8) is 0 Å². The van der Waals surface area contributed by atoms with Crippen molar-refractivity contribution >= 4 is 17.3 Å². The van der Waals surface area contributed by atoms with Gasteiger partial charge in [0.2, 0.25) is 0 Å². The fourth-order valence-electron chi connectivity index (χ4n) is 3.17. The van der Waals surface area contributed by atoms with Crippen molar-refractivity contribution < 1.29 is 9.59 Å². The lowest BCUT2D eigenvalue weighted by molar-refractivity contribution is 0.0977. The van der Waals surface area contributed by atoms with E-state index in [4.69, 9.17) is 5.73 Å². The summed E-state index contributed by atoms with van der Waals surface area (Å²) < 4.78 is 0. The molecule has 1 aliphatic carbocycles. The van der Waals surface area contributed by atoms with E-state index in [0.717, 1.165) is 16.7 Å². The maximum atomic E-state index is 12.9. The van der Waals surface area contributed by atoms with E-state index in [2.05, 4.69) is 0 Å². The summed E-state index contributed by atoms with van der Waals surface area (Å²) in [5, 5.41) is 0. The Hall–Kier alpha value is -2.42. The molecule has 0 bridgehead atoms. The van der Waals surface area contributed by atoms with Crippen LogP contribution in [0.2, 0.25) is 0 Å². The molecule has 0 atom stereocenters. The molecule has 2 aromatic rings. The van der Waals surface area contributed by atoms with E-state index >= 15 is 0 Å². The summed E-state index contributed by atoms with van der Waals surface area (Å²) in [6.07, 6.45) is 0. The highest BCUT2D eigenvalue weighted by atomic mass is 16.1. The van der Waals surface area contributed by atoms with Crippen molar-refractivity contribution in [1.29, 1.82) is 0 Å². The fourth-order valence-corrected chi connectivity index (χ4v) is 3.17. The molecule has 21 heavy (non-hydrogen) atoms. The van der Waals surface area contributed by atoms with Crippen LogP contribution in [0.25, 0.3) is 0 Å². The topological polar surface area (TPSA) is 60.2 Å². The highest BCUT2D eigenvalue weighted by Gasteiger charge is 2.34. The second kappa shape index (κ2) is 4.29. The zero-order valence-electron chi connectivity index (χ0n) is 12.6. The number of anilines is 1. The fraction of sp³-hybridized carbons (Fsp3) is 0.222. The van der Waals surface area contributed by atoms with Crippen molar-refractivity contribution in [2.24, 2.45) is 0 Å². The van der Waals surface area contributed by atoms with Crippen LogP contribution in [0, 0.1) is 27.7 Å². The third-order valence-corrected chi connectivity index (χ3v) is 4.35. The van der Waals surface area contributed by atoms with Gasteiger partial charge in [0.05, 0.1) is 0 Å². The first kappa shape index (κ1) is 13.6. The molecule has 0 spiro atoms. The van der Waals surface area contributed by atoms with E-state index in [0.29, 0.717) is 33.5 Å². The van der Waals surface area contributed by atoms with Crippen molar-refractivity contribution in [1.82, 2.24) is 0 Å². The van der Waals surface area contributed by atoms with Crippen LogP contribution in [-0.2, 0) is 0 Å². The molecule has 1 aliphatic rings. The van der Waals surface area contributed by atoms with Crippen LogP contribution in [0.15, 0.2) is 18.2 Å². The number of aryl methyl sites for hydroxylation is 3. The lowest BCUT2D eigenvalue weighted by Crippen LogP contribution is -2.25. The highest BCUT2D eigenvalue weighted by molar-refractivity contribution is 6.30. The Kier molecular flexibility index (Phi) is 2.77. The van der Waals surface area contributed by atoms with Crippen molar-refractivity contribution in [2.45, 2.75) is 27.7 Å². The SMILES string of the molecule is Cc1ccc(C)c2c1C(=O)c1c(C)cc(N)c(C)c1C2=O. The summed E-state index contributed by atoms with van der Waals surface area (Å²) >= 11 is 0. The second-order valence-corrected chi connectivity index (χ2v) is 5.77. The summed E-state index contributed by atoms with van der Waals surface area (Å²) in [6.45, 7) is 7.36. The summed E-state index contributed by atoms with van der Waals surface area (Å²) in [4.78, 5) is 25.9. The maximum Gasteiger partial charge on any atom is 0.195 e. The molecule has 0 unspecified atom stereocenters. The molecule has 2 aromatic carbocycles. The number of rotatable bonds is 0. The Labute approximate surface area is 123 Å². The van der Waals surface area contributed by atoms with E-state index in [1.165, 1.54) is 0 Å². The number of benzene rings is 2. The second-order valence-electron chi connectivity index (χ2n) is 5.77. The van der Waals surface area contributed by atoms with Crippen molar-refractivity contribution in [3.05, 3.63) is 62.7 Å². The third kappa shape index (κ3) is 1.67. The molecular weight excluding hydrogens is 262 g/mol. The van der Waals surface area contributed by atoms with E-state index in [1.54, 1.807) is 13.0 Å². The molecule has 3 heteroatoms. The highest BCUT2D eigenvalue weighted by Crippen LogP contribution is 2.36. The molecule has 0 fully saturated rings. The summed E-state index contributed by atoms with van der Waals surface area (Å²) in [5.41, 5.74) is 11.7. The third-order valence-electron chi connectivity index (χ3n) is 4.35. The zero-order chi connectivity index (χ0) is 15.5. The Morgan fingerprint density at radius 3 is 1.67 bits per heavy atom. The minimum atomic E-state index is -0.0892. The van der Waals surface area contributed by atoms with Gasteiger partial charge in [0, 0.05) is 27.9 Å². The van der Waals surface area contributed by atoms with Gasteiger partial charge >= 0.3 is 0 Å². The van der Waals surface area contributed by atoms with E-state index < -0.39 is 0 Å².